The lowest BCUT2D eigenvalue weighted by atomic mass is 10.1. The fourth-order valence-corrected chi connectivity index (χ4v) is 2.93. The highest BCUT2D eigenvalue weighted by Crippen LogP contribution is 2.24. The predicted octanol–water partition coefficient (Wildman–Crippen LogP) is 3.08. The molecule has 2 amide bonds. The number of benzene rings is 3. The van der Waals surface area contributed by atoms with Crippen LogP contribution in [-0.4, -0.2) is 30.1 Å². The van der Waals surface area contributed by atoms with Gasteiger partial charge in [-0.05, 0) is 47.9 Å². The van der Waals surface area contributed by atoms with E-state index < -0.39 is 11.8 Å². The van der Waals surface area contributed by atoms with Gasteiger partial charge in [-0.15, -0.1) is 0 Å². The van der Waals surface area contributed by atoms with Gasteiger partial charge in [0.05, 0.1) is 0 Å². The number of ether oxygens (including phenoxy) is 2. The molecule has 0 unspecified atom stereocenters. The van der Waals surface area contributed by atoms with Gasteiger partial charge in [-0.2, -0.15) is 0 Å². The summed E-state index contributed by atoms with van der Waals surface area (Å²) >= 11 is 8.30. The van der Waals surface area contributed by atoms with Gasteiger partial charge in [0.25, 0.3) is 11.8 Å². The molecule has 0 saturated carbocycles. The molecule has 0 heterocycles. The minimum absolute atomic E-state index is 0.0575. The van der Waals surface area contributed by atoms with Crippen molar-refractivity contribution in [1.29, 1.82) is 0 Å². The van der Waals surface area contributed by atoms with E-state index in [0.29, 0.717) is 11.5 Å². The Labute approximate surface area is 186 Å². The van der Waals surface area contributed by atoms with E-state index in [2.05, 4.69) is 32.1 Å². The van der Waals surface area contributed by atoms with E-state index in [1.807, 2.05) is 36.4 Å². The molecule has 0 atom stereocenters. The second-order valence-corrected chi connectivity index (χ2v) is 7.38. The summed E-state index contributed by atoms with van der Waals surface area (Å²) in [5.74, 6) is 0.234. The van der Waals surface area contributed by atoms with Crippen molar-refractivity contribution in [3.05, 3.63) is 71.2 Å². The van der Waals surface area contributed by atoms with Gasteiger partial charge in [-0.3, -0.25) is 25.8 Å². The molecule has 0 aliphatic heterocycles. The molecule has 3 aromatic rings. The lowest BCUT2D eigenvalue weighted by Gasteiger charge is -2.12. The number of amides is 2. The fourth-order valence-electron chi connectivity index (χ4n) is 2.50. The van der Waals surface area contributed by atoms with Crippen LogP contribution >= 0.6 is 28.1 Å². The molecular weight excluding hydrogens is 470 g/mol. The van der Waals surface area contributed by atoms with Gasteiger partial charge in [-0.25, -0.2) is 0 Å². The minimum atomic E-state index is -0.461. The molecular formula is C21H18BrN3O4S. The molecule has 7 nitrogen and oxygen atoms in total. The summed E-state index contributed by atoms with van der Waals surface area (Å²) in [5.41, 5.74) is 4.82. The summed E-state index contributed by atoms with van der Waals surface area (Å²) in [6.45, 7) is -0.439. The van der Waals surface area contributed by atoms with Crippen molar-refractivity contribution in [3.63, 3.8) is 0 Å². The van der Waals surface area contributed by atoms with E-state index in [4.69, 9.17) is 21.7 Å². The van der Waals surface area contributed by atoms with Crippen LogP contribution < -0.4 is 25.6 Å². The zero-order valence-corrected chi connectivity index (χ0v) is 18.1. The Hall–Kier alpha value is -3.17. The van der Waals surface area contributed by atoms with Crippen LogP contribution in [0, 0.1) is 0 Å². The van der Waals surface area contributed by atoms with Crippen molar-refractivity contribution in [3.8, 4) is 11.5 Å². The van der Waals surface area contributed by atoms with Crippen molar-refractivity contribution in [2.45, 2.75) is 0 Å². The molecule has 0 spiro atoms. The van der Waals surface area contributed by atoms with E-state index in [9.17, 15) is 9.59 Å². The van der Waals surface area contributed by atoms with Crippen LogP contribution in [0.4, 0.5) is 0 Å². The summed E-state index contributed by atoms with van der Waals surface area (Å²) < 4.78 is 11.8. The van der Waals surface area contributed by atoms with Gasteiger partial charge in [0, 0.05) is 9.86 Å². The van der Waals surface area contributed by atoms with Crippen LogP contribution in [0.1, 0.15) is 0 Å². The maximum Gasteiger partial charge on any atom is 0.276 e. The molecule has 0 aromatic heterocycles. The first-order valence-electron chi connectivity index (χ1n) is 8.89. The second kappa shape index (κ2) is 10.6. The molecule has 0 aliphatic rings. The van der Waals surface area contributed by atoms with Crippen LogP contribution in [0.5, 0.6) is 11.5 Å². The Morgan fingerprint density at radius 3 is 2.33 bits per heavy atom. The van der Waals surface area contributed by atoms with Crippen molar-refractivity contribution >= 4 is 55.8 Å². The summed E-state index contributed by atoms with van der Waals surface area (Å²) in [6, 6.07) is 20.4. The van der Waals surface area contributed by atoms with E-state index in [1.54, 1.807) is 30.3 Å². The van der Waals surface area contributed by atoms with E-state index in [0.717, 1.165) is 15.2 Å². The van der Waals surface area contributed by atoms with E-state index in [1.165, 1.54) is 0 Å². The molecule has 3 N–H and O–H groups in total. The SMILES string of the molecule is O=C(COc1cccc2ccccc12)NNC(=S)NC(=O)COc1ccc(Br)cc1. The number of hydrazine groups is 1. The van der Waals surface area contributed by atoms with Crippen LogP contribution in [0.15, 0.2) is 71.2 Å². The number of hydrogen-bond donors (Lipinski definition) is 3. The Morgan fingerprint density at radius 2 is 1.53 bits per heavy atom. The summed E-state index contributed by atoms with van der Waals surface area (Å²) in [5, 5.41) is 4.28. The van der Waals surface area contributed by atoms with Crippen molar-refractivity contribution in [2.75, 3.05) is 13.2 Å². The lowest BCUT2D eigenvalue weighted by Crippen LogP contribution is -2.50. The van der Waals surface area contributed by atoms with E-state index >= 15 is 0 Å². The molecule has 0 fully saturated rings. The average molecular weight is 488 g/mol. The number of halogens is 1. The van der Waals surface area contributed by atoms with Gasteiger partial charge in [0.2, 0.25) is 0 Å². The standard InChI is InChI=1S/C21H18BrN3O4S/c22-15-8-10-16(11-9-15)28-12-19(26)23-21(30)25-24-20(27)13-29-18-7-3-5-14-4-1-2-6-17(14)18/h1-11H,12-13H2,(H,24,27)(H2,23,25,26,30). The number of hydrogen-bond acceptors (Lipinski definition) is 5. The lowest BCUT2D eigenvalue weighted by molar-refractivity contribution is -0.124. The summed E-state index contributed by atoms with van der Waals surface area (Å²) in [4.78, 5) is 23.8. The third-order valence-corrected chi connectivity index (χ3v) is 4.59. The average Bonchev–Trinajstić information content (AvgIpc) is 2.76. The highest BCUT2D eigenvalue weighted by atomic mass is 79.9. The van der Waals surface area contributed by atoms with Crippen molar-refractivity contribution < 1.29 is 19.1 Å². The number of nitrogens with one attached hydrogen (secondary N) is 3. The second-order valence-electron chi connectivity index (χ2n) is 6.06. The molecule has 0 aliphatic carbocycles. The quantitative estimate of drug-likeness (QED) is 0.365. The smallest absolute Gasteiger partial charge is 0.276 e. The number of thiocarbonyl (C=S) groups is 1. The molecule has 154 valence electrons. The topological polar surface area (TPSA) is 88.7 Å². The van der Waals surface area contributed by atoms with Crippen LogP contribution in [0.2, 0.25) is 0 Å². The molecule has 0 saturated heterocycles. The minimum Gasteiger partial charge on any atom is -0.484 e. The van der Waals surface area contributed by atoms with Gasteiger partial charge >= 0.3 is 0 Å². The fraction of sp³-hybridized carbons (Fsp3) is 0.0952. The number of fused-ring (bicyclic) bond motifs is 1. The largest absolute Gasteiger partial charge is 0.484 e. The van der Waals surface area contributed by atoms with Crippen LogP contribution in [0.25, 0.3) is 10.8 Å². The van der Waals surface area contributed by atoms with Crippen LogP contribution in [-0.2, 0) is 9.59 Å². The maximum atomic E-state index is 12.0. The Morgan fingerprint density at radius 1 is 0.833 bits per heavy atom. The van der Waals surface area contributed by atoms with Crippen molar-refractivity contribution in [2.24, 2.45) is 0 Å². The Bertz CT molecular complexity index is 1050. The first-order chi connectivity index (χ1) is 14.5. The Balaban J connectivity index is 1.38. The molecule has 0 radical (unpaired) electrons. The highest BCUT2D eigenvalue weighted by molar-refractivity contribution is 9.10. The third kappa shape index (κ3) is 6.43. The molecule has 0 bridgehead atoms. The molecule has 3 rings (SSSR count). The zero-order chi connectivity index (χ0) is 21.3. The first-order valence-corrected chi connectivity index (χ1v) is 10.1. The predicted molar refractivity (Wildman–Crippen MR) is 121 cm³/mol. The highest BCUT2D eigenvalue weighted by Gasteiger charge is 2.09. The summed E-state index contributed by atoms with van der Waals surface area (Å²) in [6.07, 6.45) is 0. The maximum absolute atomic E-state index is 12.0. The van der Waals surface area contributed by atoms with Gasteiger partial charge in [0.15, 0.2) is 18.3 Å². The number of carbonyl (C=O) groups excluding carboxylic acids is 2. The zero-order valence-electron chi connectivity index (χ0n) is 15.7. The van der Waals surface area contributed by atoms with Gasteiger partial charge in [-0.1, -0.05) is 52.3 Å². The number of carbonyl (C=O) groups is 2. The monoisotopic (exact) mass is 487 g/mol. The van der Waals surface area contributed by atoms with Gasteiger partial charge in [0.1, 0.15) is 11.5 Å². The van der Waals surface area contributed by atoms with E-state index in [-0.39, 0.29) is 18.3 Å². The van der Waals surface area contributed by atoms with Crippen LogP contribution in [0.3, 0.4) is 0 Å². The normalized spacial score (nSPS) is 10.2. The van der Waals surface area contributed by atoms with Gasteiger partial charge < -0.3 is 9.47 Å². The molecule has 9 heteroatoms. The molecule has 3 aromatic carbocycles. The third-order valence-electron chi connectivity index (χ3n) is 3.86. The molecule has 30 heavy (non-hydrogen) atoms. The van der Waals surface area contributed by atoms with Crippen molar-refractivity contribution in [1.82, 2.24) is 16.2 Å². The Kier molecular flexibility index (Phi) is 7.58. The summed E-state index contributed by atoms with van der Waals surface area (Å²) in [7, 11) is 0. The number of rotatable bonds is 6. The first kappa shape index (κ1) is 21.5.